The first kappa shape index (κ1) is 20.9. The van der Waals surface area contributed by atoms with Crippen LogP contribution in [0.1, 0.15) is 43.0 Å². The number of hydrogen-bond donors (Lipinski definition) is 3. The van der Waals surface area contributed by atoms with E-state index >= 15 is 0 Å². The number of aliphatic hydroxyl groups excluding tert-OH is 2. The molecule has 3 N–H and O–H groups in total. The van der Waals surface area contributed by atoms with E-state index in [1.807, 2.05) is 37.3 Å². The van der Waals surface area contributed by atoms with E-state index in [1.54, 1.807) is 38.1 Å². The van der Waals surface area contributed by atoms with Gasteiger partial charge in [-0.05, 0) is 66.8 Å². The molecule has 0 bridgehead atoms. The molecule has 0 aliphatic rings. The van der Waals surface area contributed by atoms with Gasteiger partial charge in [-0.25, -0.2) is 0 Å². The predicted octanol–water partition coefficient (Wildman–Crippen LogP) is 3.98. The van der Waals surface area contributed by atoms with Gasteiger partial charge in [0.25, 0.3) is 0 Å². The second-order valence-electron chi connectivity index (χ2n) is 7.10. The molecule has 0 fully saturated rings. The summed E-state index contributed by atoms with van der Waals surface area (Å²) in [7, 11) is 0. The average molecular weight is 368 g/mol. The van der Waals surface area contributed by atoms with Gasteiger partial charge in [0.15, 0.2) is 0 Å². The van der Waals surface area contributed by atoms with Gasteiger partial charge in [0.1, 0.15) is 12.4 Å². The molecule has 0 radical (unpaired) electrons. The maximum absolute atomic E-state index is 9.73. The summed E-state index contributed by atoms with van der Waals surface area (Å²) < 4.78 is 5.84. The molecular weight excluding hydrogens is 340 g/mol. The topological polar surface area (TPSA) is 69.9 Å². The molecule has 0 unspecified atom stereocenters. The molecule has 0 aromatic heterocycles. The van der Waals surface area contributed by atoms with Gasteiger partial charge in [-0.2, -0.15) is 0 Å². The van der Waals surface area contributed by atoms with Crippen LogP contribution < -0.4 is 4.74 Å². The lowest BCUT2D eigenvalue weighted by Gasteiger charge is -2.11. The SMILES string of the molecule is CC(=CC=CC(C)(C)O)c1cccc(COc2ccc(CO)c(CO)c2)c1. The Labute approximate surface area is 161 Å². The highest BCUT2D eigenvalue weighted by Crippen LogP contribution is 2.21. The smallest absolute Gasteiger partial charge is 0.120 e. The van der Waals surface area contributed by atoms with E-state index in [1.165, 1.54) is 0 Å². The zero-order valence-corrected chi connectivity index (χ0v) is 16.1. The van der Waals surface area contributed by atoms with Crippen molar-refractivity contribution in [2.75, 3.05) is 0 Å². The number of hydrogen-bond acceptors (Lipinski definition) is 4. The van der Waals surface area contributed by atoms with Gasteiger partial charge in [-0.3, -0.25) is 0 Å². The Morgan fingerprint density at radius 1 is 1.04 bits per heavy atom. The van der Waals surface area contributed by atoms with Crippen LogP contribution in [0.25, 0.3) is 5.57 Å². The van der Waals surface area contributed by atoms with Crippen molar-refractivity contribution in [1.82, 2.24) is 0 Å². The quantitative estimate of drug-likeness (QED) is 0.617. The van der Waals surface area contributed by atoms with Crippen molar-refractivity contribution in [2.45, 2.75) is 46.2 Å². The normalized spacial score (nSPS) is 12.6. The van der Waals surface area contributed by atoms with Crippen LogP contribution in [0.2, 0.25) is 0 Å². The van der Waals surface area contributed by atoms with E-state index in [9.17, 15) is 15.3 Å². The summed E-state index contributed by atoms with van der Waals surface area (Å²) in [4.78, 5) is 0. The van der Waals surface area contributed by atoms with E-state index in [4.69, 9.17) is 4.74 Å². The first-order chi connectivity index (χ1) is 12.8. The van der Waals surface area contributed by atoms with Crippen LogP contribution in [-0.4, -0.2) is 20.9 Å². The van der Waals surface area contributed by atoms with Crippen LogP contribution in [0.4, 0.5) is 0 Å². The van der Waals surface area contributed by atoms with Gasteiger partial charge in [0.2, 0.25) is 0 Å². The molecular formula is C23H28O4. The molecule has 0 amide bonds. The third-order valence-electron chi connectivity index (χ3n) is 4.16. The molecule has 144 valence electrons. The van der Waals surface area contributed by atoms with E-state index in [0.717, 1.165) is 16.7 Å². The van der Waals surface area contributed by atoms with Crippen molar-refractivity contribution in [3.05, 3.63) is 82.9 Å². The van der Waals surface area contributed by atoms with Crippen molar-refractivity contribution in [2.24, 2.45) is 0 Å². The summed E-state index contributed by atoms with van der Waals surface area (Å²) in [5.41, 5.74) is 3.75. The fourth-order valence-electron chi connectivity index (χ4n) is 2.59. The number of aliphatic hydroxyl groups is 3. The van der Waals surface area contributed by atoms with Gasteiger partial charge < -0.3 is 20.1 Å². The fraction of sp³-hybridized carbons (Fsp3) is 0.304. The van der Waals surface area contributed by atoms with Crippen LogP contribution in [0.5, 0.6) is 5.75 Å². The van der Waals surface area contributed by atoms with Crippen LogP contribution >= 0.6 is 0 Å². The van der Waals surface area contributed by atoms with E-state index in [2.05, 4.69) is 6.07 Å². The molecule has 0 heterocycles. The zero-order valence-electron chi connectivity index (χ0n) is 16.1. The Morgan fingerprint density at radius 2 is 1.78 bits per heavy atom. The summed E-state index contributed by atoms with van der Waals surface area (Å²) in [5, 5.41) is 28.4. The number of ether oxygens (including phenoxy) is 1. The van der Waals surface area contributed by atoms with Gasteiger partial charge >= 0.3 is 0 Å². The molecule has 0 spiro atoms. The molecule has 4 nitrogen and oxygen atoms in total. The second-order valence-corrected chi connectivity index (χ2v) is 7.10. The van der Waals surface area contributed by atoms with Crippen LogP contribution in [0, 0.1) is 0 Å². The lowest BCUT2D eigenvalue weighted by molar-refractivity contribution is 0.133. The lowest BCUT2D eigenvalue weighted by atomic mass is 10.0. The summed E-state index contributed by atoms with van der Waals surface area (Å²) in [5.74, 6) is 0.655. The van der Waals surface area contributed by atoms with E-state index < -0.39 is 5.60 Å². The van der Waals surface area contributed by atoms with Crippen molar-refractivity contribution < 1.29 is 20.1 Å². The molecule has 27 heavy (non-hydrogen) atoms. The maximum atomic E-state index is 9.73. The van der Waals surface area contributed by atoms with Crippen LogP contribution in [-0.2, 0) is 19.8 Å². The van der Waals surface area contributed by atoms with Gasteiger partial charge in [-0.15, -0.1) is 0 Å². The number of allylic oxidation sites excluding steroid dienone is 3. The Kier molecular flexibility index (Phi) is 7.36. The van der Waals surface area contributed by atoms with Gasteiger partial charge in [-0.1, -0.05) is 42.5 Å². The van der Waals surface area contributed by atoms with Crippen LogP contribution in [0.3, 0.4) is 0 Å². The lowest BCUT2D eigenvalue weighted by Crippen LogP contribution is -2.13. The monoisotopic (exact) mass is 368 g/mol. The maximum Gasteiger partial charge on any atom is 0.120 e. The third-order valence-corrected chi connectivity index (χ3v) is 4.16. The molecule has 0 saturated carbocycles. The van der Waals surface area contributed by atoms with Crippen molar-refractivity contribution in [3.63, 3.8) is 0 Å². The first-order valence-corrected chi connectivity index (χ1v) is 8.96. The van der Waals surface area contributed by atoms with Gasteiger partial charge in [0, 0.05) is 0 Å². The van der Waals surface area contributed by atoms with Crippen LogP contribution in [0.15, 0.2) is 60.7 Å². The van der Waals surface area contributed by atoms with Gasteiger partial charge in [0.05, 0.1) is 18.8 Å². The number of benzene rings is 2. The second kappa shape index (κ2) is 9.51. The number of rotatable bonds is 8. The summed E-state index contributed by atoms with van der Waals surface area (Å²) >= 11 is 0. The molecule has 0 aliphatic carbocycles. The Balaban J connectivity index is 2.07. The van der Waals surface area contributed by atoms with Crippen molar-refractivity contribution >= 4 is 5.57 Å². The molecule has 0 saturated heterocycles. The molecule has 2 aromatic carbocycles. The highest BCUT2D eigenvalue weighted by atomic mass is 16.5. The highest BCUT2D eigenvalue weighted by Gasteiger charge is 2.06. The largest absolute Gasteiger partial charge is 0.489 e. The molecule has 0 aliphatic heterocycles. The Morgan fingerprint density at radius 3 is 2.44 bits per heavy atom. The fourth-order valence-corrected chi connectivity index (χ4v) is 2.59. The minimum atomic E-state index is -0.828. The Hall–Kier alpha value is -2.40. The van der Waals surface area contributed by atoms with E-state index in [-0.39, 0.29) is 13.2 Å². The standard InChI is InChI=1S/C23H28O4/c1-17(6-5-11-23(2,3)26)19-8-4-7-18(12-19)16-27-22-10-9-20(14-24)21(13-22)15-25/h4-13,24-26H,14-16H2,1-3H3. The summed E-state index contributed by atoms with van der Waals surface area (Å²) in [6.45, 7) is 5.66. The zero-order chi connectivity index (χ0) is 19.9. The minimum absolute atomic E-state index is 0.105. The average Bonchev–Trinajstić information content (AvgIpc) is 2.65. The molecule has 0 atom stereocenters. The Bertz CT molecular complexity index is 813. The first-order valence-electron chi connectivity index (χ1n) is 8.96. The predicted molar refractivity (Wildman–Crippen MR) is 108 cm³/mol. The van der Waals surface area contributed by atoms with E-state index in [0.29, 0.717) is 23.5 Å². The summed E-state index contributed by atoms with van der Waals surface area (Å²) in [6, 6.07) is 13.4. The minimum Gasteiger partial charge on any atom is -0.489 e. The van der Waals surface area contributed by atoms with Crippen molar-refractivity contribution in [3.8, 4) is 5.75 Å². The summed E-state index contributed by atoms with van der Waals surface area (Å²) in [6.07, 6.45) is 5.58. The molecule has 2 aromatic rings. The molecule has 2 rings (SSSR count). The molecule has 4 heteroatoms. The highest BCUT2D eigenvalue weighted by molar-refractivity contribution is 5.65. The van der Waals surface area contributed by atoms with Crippen molar-refractivity contribution in [1.29, 1.82) is 0 Å². The third kappa shape index (κ3) is 6.68.